The zero-order valence-electron chi connectivity index (χ0n) is 69.6. The van der Waals surface area contributed by atoms with E-state index >= 15 is 0 Å². The summed E-state index contributed by atoms with van der Waals surface area (Å²) in [6, 6.07) is 7.26. The molecular formula is C92H154CaO14S2. The Hall–Kier alpha value is -3.64. The third-order valence-corrected chi connectivity index (χ3v) is 21.7. The van der Waals surface area contributed by atoms with Gasteiger partial charge in [0.25, 0.3) is 0 Å². The van der Waals surface area contributed by atoms with Crippen molar-refractivity contribution < 1.29 is 64.1 Å². The first-order chi connectivity index (χ1) is 52.6. The number of carbonyl (C=O) groups is 4. The van der Waals surface area contributed by atoms with E-state index in [0.29, 0.717) is 25.7 Å². The number of benzene rings is 2. The number of carbonyl (C=O) groups excluding carboxylic acids is 4. The summed E-state index contributed by atoms with van der Waals surface area (Å²) in [6.45, 7) is 9.34. The Labute approximate surface area is 696 Å². The molecule has 0 radical (unpaired) electrons. The molecule has 0 bridgehead atoms. The molecular weight excluding hydrogens is 1430 g/mol. The molecule has 109 heavy (non-hydrogen) atoms. The van der Waals surface area contributed by atoms with E-state index < -0.39 is 65.0 Å². The van der Waals surface area contributed by atoms with Crippen LogP contribution >= 0.6 is 0 Å². The fourth-order valence-electron chi connectivity index (χ4n) is 13.3. The third kappa shape index (κ3) is 62.4. The van der Waals surface area contributed by atoms with Gasteiger partial charge in [-0.3, -0.25) is 0 Å². The molecule has 0 heterocycles. The topological polar surface area (TPSA) is 220 Å². The Morgan fingerprint density at radius 3 is 0.606 bits per heavy atom. The summed E-state index contributed by atoms with van der Waals surface area (Å²) in [7, 11) is -10.0. The van der Waals surface area contributed by atoms with E-state index in [2.05, 4.69) is 76.3 Å². The van der Waals surface area contributed by atoms with Gasteiger partial charge in [0.2, 0.25) is 0 Å². The van der Waals surface area contributed by atoms with Crippen molar-refractivity contribution in [3.05, 3.63) is 107 Å². The molecule has 2 aromatic carbocycles. The SMILES string of the molecule is CCC/C=C/CCCCCCCCCCCCCCOC(=O)c1cccc(S(=O)(=O)[O-])c1C(=O)OCCCCCCCCCCCCCC/C=C/CCC.CCC/C=C/CCCCCCCCCCCCCCOC(=O)c1cccc(S(=O)(=O)[O-])c1C(=O)OCCCCCCCCCCCCCC/C=C/CCC.[Ca+2]. The number of hydrogen-bond acceptors (Lipinski definition) is 14. The second kappa shape index (κ2) is 77.0. The van der Waals surface area contributed by atoms with Crippen molar-refractivity contribution in [2.45, 2.75) is 423 Å². The van der Waals surface area contributed by atoms with E-state index in [-0.39, 0.29) is 75.3 Å². The van der Waals surface area contributed by atoms with Crippen LogP contribution < -0.4 is 0 Å². The molecule has 0 atom stereocenters. The van der Waals surface area contributed by atoms with Crippen LogP contribution in [-0.4, -0.2) is 114 Å². The predicted octanol–water partition coefficient (Wildman–Crippen LogP) is 27.1. The van der Waals surface area contributed by atoms with E-state index in [9.17, 15) is 45.1 Å². The van der Waals surface area contributed by atoms with Gasteiger partial charge in [-0.15, -0.1) is 0 Å². The number of hydrogen-bond donors (Lipinski definition) is 0. The molecule has 0 aromatic heterocycles. The van der Waals surface area contributed by atoms with E-state index in [1.165, 1.54) is 307 Å². The van der Waals surface area contributed by atoms with Gasteiger partial charge in [-0.25, -0.2) is 36.0 Å². The monoisotopic (exact) mass is 1590 g/mol. The van der Waals surface area contributed by atoms with Crippen molar-refractivity contribution >= 4 is 81.9 Å². The minimum Gasteiger partial charge on any atom is -0.744 e. The summed E-state index contributed by atoms with van der Waals surface area (Å²) in [4.78, 5) is 50.4. The zero-order chi connectivity index (χ0) is 78.8. The second-order valence-corrected chi connectivity index (χ2v) is 32.7. The van der Waals surface area contributed by atoms with Crippen LogP contribution in [0.2, 0.25) is 0 Å². The molecule has 0 aliphatic heterocycles. The van der Waals surface area contributed by atoms with Gasteiger partial charge >= 0.3 is 61.6 Å². The second-order valence-electron chi connectivity index (χ2n) is 30.0. The number of esters is 4. The molecule has 17 heteroatoms. The number of allylic oxidation sites excluding steroid dienone is 8. The van der Waals surface area contributed by atoms with Crippen LogP contribution in [0.5, 0.6) is 0 Å². The summed E-state index contributed by atoms with van der Waals surface area (Å²) < 4.78 is 93.5. The molecule has 0 N–H and O–H groups in total. The van der Waals surface area contributed by atoms with Gasteiger partial charge in [0.05, 0.1) is 58.5 Å². The maximum absolute atomic E-state index is 13.0. The average molecular weight is 1590 g/mol. The molecule has 0 saturated heterocycles. The molecule has 0 aliphatic rings. The first kappa shape index (κ1) is 105. The molecule has 620 valence electrons. The molecule has 14 nitrogen and oxygen atoms in total. The van der Waals surface area contributed by atoms with E-state index in [1.54, 1.807) is 0 Å². The van der Waals surface area contributed by atoms with Gasteiger partial charge in [-0.1, -0.05) is 371 Å². The molecule has 0 spiro atoms. The van der Waals surface area contributed by atoms with Gasteiger partial charge in [0.1, 0.15) is 20.2 Å². The van der Waals surface area contributed by atoms with Gasteiger partial charge in [0, 0.05) is 0 Å². The first-order valence-corrected chi connectivity index (χ1v) is 46.9. The zero-order valence-corrected chi connectivity index (χ0v) is 73.4. The molecule has 0 amide bonds. The summed E-state index contributed by atoms with van der Waals surface area (Å²) in [5, 5.41) is 0. The van der Waals surface area contributed by atoms with Crippen LogP contribution in [0, 0.1) is 0 Å². The van der Waals surface area contributed by atoms with Gasteiger partial charge in [0.15, 0.2) is 0 Å². The smallest absolute Gasteiger partial charge is 0.744 e. The molecule has 0 aliphatic carbocycles. The van der Waals surface area contributed by atoms with Crippen LogP contribution in [0.1, 0.15) is 454 Å². The maximum Gasteiger partial charge on any atom is 2.00 e. The van der Waals surface area contributed by atoms with Crippen molar-refractivity contribution in [2.75, 3.05) is 26.4 Å². The van der Waals surface area contributed by atoms with Crippen LogP contribution in [-0.2, 0) is 39.2 Å². The van der Waals surface area contributed by atoms with Crippen molar-refractivity contribution in [1.82, 2.24) is 0 Å². The van der Waals surface area contributed by atoms with Crippen LogP contribution in [0.3, 0.4) is 0 Å². The van der Waals surface area contributed by atoms with Gasteiger partial charge in [-0.2, -0.15) is 0 Å². The van der Waals surface area contributed by atoms with Crippen LogP contribution in [0.4, 0.5) is 0 Å². The van der Waals surface area contributed by atoms with E-state index in [4.69, 9.17) is 18.9 Å². The van der Waals surface area contributed by atoms with Crippen molar-refractivity contribution in [3.8, 4) is 0 Å². The van der Waals surface area contributed by atoms with Gasteiger partial charge < -0.3 is 28.1 Å². The normalized spacial score (nSPS) is 11.8. The van der Waals surface area contributed by atoms with Crippen LogP contribution in [0.15, 0.2) is 94.8 Å². The summed E-state index contributed by atoms with van der Waals surface area (Å²) in [5.41, 5.74) is -1.55. The van der Waals surface area contributed by atoms with Crippen molar-refractivity contribution in [2.24, 2.45) is 0 Å². The van der Waals surface area contributed by atoms with Gasteiger partial charge in [-0.05, 0) is 127 Å². The maximum atomic E-state index is 13.0. The van der Waals surface area contributed by atoms with E-state index in [1.807, 2.05) is 0 Å². The standard InChI is InChI=1S/2C46H78O7S.Ca/c2*1-3-5-7-9-11-13-15-17-19-21-23-25-27-29-31-33-35-40-52-45(47)42-38-37-39-43(54(49,50)51)44(42)46(48)53-41-36-34-32-30-28-26-24-22-20-18-16-14-12-10-8-6-4-2;/h2*7-10,37-39H,3-6,11-36,40-41H2,1-2H3,(H,49,50,51);/q;;+2/p-2/b2*9-7+,10-8+;. The largest absolute Gasteiger partial charge is 2.00 e. The number of rotatable bonds is 74. The fraction of sp³-hybridized carbons (Fsp3) is 0.739. The van der Waals surface area contributed by atoms with Crippen molar-refractivity contribution in [3.63, 3.8) is 0 Å². The molecule has 0 fully saturated rings. The quantitative estimate of drug-likeness (QED) is 0.0150. The Balaban J connectivity index is 0.00000212. The number of ether oxygens (including phenoxy) is 4. The predicted molar refractivity (Wildman–Crippen MR) is 452 cm³/mol. The molecule has 2 aromatic rings. The third-order valence-electron chi connectivity index (χ3n) is 19.9. The summed E-state index contributed by atoms with van der Waals surface area (Å²) >= 11 is 0. The minimum absolute atomic E-state index is 0. The number of unbranched alkanes of at least 4 members (excludes halogenated alkanes) is 52. The minimum atomic E-state index is -5.01. The molecule has 0 unspecified atom stereocenters. The Kier molecular flexibility index (Phi) is 74.4. The first-order valence-electron chi connectivity index (χ1n) is 44.1. The molecule has 0 saturated carbocycles. The summed E-state index contributed by atoms with van der Waals surface area (Å²) in [5.74, 6) is -3.62. The Morgan fingerprint density at radius 2 is 0.422 bits per heavy atom. The molecule has 2 rings (SSSR count). The Morgan fingerprint density at radius 1 is 0.257 bits per heavy atom. The Bertz CT molecular complexity index is 2670. The van der Waals surface area contributed by atoms with Crippen molar-refractivity contribution in [1.29, 1.82) is 0 Å². The fourth-order valence-corrected chi connectivity index (χ4v) is 14.7. The average Bonchev–Trinajstić information content (AvgIpc) is 0.798. The van der Waals surface area contributed by atoms with E-state index in [0.717, 1.165) is 89.2 Å². The summed E-state index contributed by atoms with van der Waals surface area (Å²) in [6.07, 6.45) is 89.2. The van der Waals surface area contributed by atoms with Crippen LogP contribution in [0.25, 0.3) is 0 Å².